The molecule has 0 spiro atoms. The fraction of sp³-hybridized carbons (Fsp3) is 0.235. The minimum absolute atomic E-state index is 0.0689. The summed E-state index contributed by atoms with van der Waals surface area (Å²) >= 11 is 2.90. The maximum atomic E-state index is 14.2. The molecule has 28 heavy (non-hydrogen) atoms. The van der Waals surface area contributed by atoms with Crippen molar-refractivity contribution in [2.24, 2.45) is 5.10 Å². The van der Waals surface area contributed by atoms with Crippen LogP contribution in [0, 0.1) is 17.5 Å². The van der Waals surface area contributed by atoms with Crippen LogP contribution in [0.1, 0.15) is 18.0 Å². The van der Waals surface area contributed by atoms with Gasteiger partial charge in [0.15, 0.2) is 5.82 Å². The number of hydrogen-bond donors (Lipinski definition) is 0. The first-order chi connectivity index (χ1) is 12.9. The van der Waals surface area contributed by atoms with Crippen LogP contribution in [-0.2, 0) is 0 Å². The monoisotopic (exact) mass is 472 g/mol. The lowest BCUT2D eigenvalue weighted by molar-refractivity contribution is -0.249. The number of rotatable bonds is 3. The lowest BCUT2D eigenvalue weighted by Crippen LogP contribution is -2.43. The standard InChI is InChI=1S/C17H9BrF8N2/c18-10-5-8(1-3-11(10)20)14-7-15(16(22,23)17(24,25)26)27-28(14)13-4-2-9(19)6-12(13)21/h1-6,14H,7H2. The highest BCUT2D eigenvalue weighted by molar-refractivity contribution is 9.10. The summed E-state index contributed by atoms with van der Waals surface area (Å²) in [5.74, 6) is -8.12. The van der Waals surface area contributed by atoms with Gasteiger partial charge in [0.1, 0.15) is 17.3 Å². The van der Waals surface area contributed by atoms with Gasteiger partial charge in [-0.3, -0.25) is 5.01 Å². The van der Waals surface area contributed by atoms with Crippen LogP contribution in [0.2, 0.25) is 0 Å². The molecule has 11 heteroatoms. The molecule has 1 aliphatic heterocycles. The summed E-state index contributed by atoms with van der Waals surface area (Å²) in [4.78, 5) is 0. The van der Waals surface area contributed by atoms with Crippen molar-refractivity contribution in [3.63, 3.8) is 0 Å². The summed E-state index contributed by atoms with van der Waals surface area (Å²) in [5, 5.41) is 3.92. The van der Waals surface area contributed by atoms with E-state index in [4.69, 9.17) is 0 Å². The maximum Gasteiger partial charge on any atom is 0.459 e. The first kappa shape index (κ1) is 20.6. The number of hydrazone groups is 1. The molecule has 150 valence electrons. The molecule has 0 radical (unpaired) electrons. The van der Waals surface area contributed by atoms with Gasteiger partial charge in [0.2, 0.25) is 0 Å². The minimum atomic E-state index is -5.91. The lowest BCUT2D eigenvalue weighted by atomic mass is 9.98. The summed E-state index contributed by atoms with van der Waals surface area (Å²) in [7, 11) is 0. The van der Waals surface area contributed by atoms with E-state index in [0.717, 1.165) is 24.3 Å². The number of alkyl halides is 5. The molecule has 2 aromatic rings. The quantitative estimate of drug-likeness (QED) is 0.473. The van der Waals surface area contributed by atoms with Crippen molar-refractivity contribution in [2.75, 3.05) is 5.01 Å². The van der Waals surface area contributed by atoms with Gasteiger partial charge in [-0.15, -0.1) is 0 Å². The second-order valence-electron chi connectivity index (χ2n) is 5.95. The van der Waals surface area contributed by atoms with E-state index < -0.39 is 53.4 Å². The zero-order chi connectivity index (χ0) is 20.9. The van der Waals surface area contributed by atoms with Crippen molar-refractivity contribution in [3.8, 4) is 0 Å². The normalized spacial score (nSPS) is 17.8. The Labute approximate surface area is 161 Å². The van der Waals surface area contributed by atoms with Crippen LogP contribution in [0.25, 0.3) is 0 Å². The minimum Gasteiger partial charge on any atom is -0.255 e. The van der Waals surface area contributed by atoms with Crippen LogP contribution in [-0.4, -0.2) is 17.8 Å². The molecule has 0 aromatic heterocycles. The average molecular weight is 473 g/mol. The van der Waals surface area contributed by atoms with Gasteiger partial charge in [0.05, 0.1) is 16.2 Å². The summed E-state index contributed by atoms with van der Waals surface area (Å²) in [6.45, 7) is 0. The molecule has 2 nitrogen and oxygen atoms in total. The second kappa shape index (κ2) is 7.02. The van der Waals surface area contributed by atoms with Crippen molar-refractivity contribution in [2.45, 2.75) is 24.6 Å². The van der Waals surface area contributed by atoms with Gasteiger partial charge in [-0.1, -0.05) is 6.07 Å². The average Bonchev–Trinajstić information content (AvgIpc) is 3.02. The number of halogens is 9. The largest absolute Gasteiger partial charge is 0.459 e. The Hall–Kier alpha value is -2.17. The topological polar surface area (TPSA) is 15.6 Å². The number of hydrogen-bond acceptors (Lipinski definition) is 2. The molecule has 0 aliphatic carbocycles. The van der Waals surface area contributed by atoms with Gasteiger partial charge in [-0.05, 0) is 45.8 Å². The summed E-state index contributed by atoms with van der Waals surface area (Å²) in [6.07, 6.45) is -6.81. The first-order valence-electron chi connectivity index (χ1n) is 7.63. The predicted molar refractivity (Wildman–Crippen MR) is 88.7 cm³/mol. The third-order valence-electron chi connectivity index (χ3n) is 4.11. The van der Waals surface area contributed by atoms with E-state index in [1.807, 2.05) is 0 Å². The van der Waals surface area contributed by atoms with E-state index >= 15 is 0 Å². The van der Waals surface area contributed by atoms with E-state index in [0.29, 0.717) is 11.1 Å². The van der Waals surface area contributed by atoms with Crippen molar-refractivity contribution < 1.29 is 35.1 Å². The van der Waals surface area contributed by atoms with Gasteiger partial charge in [-0.2, -0.15) is 27.1 Å². The molecule has 3 rings (SSSR count). The molecule has 1 unspecified atom stereocenters. The third-order valence-corrected chi connectivity index (χ3v) is 4.72. The van der Waals surface area contributed by atoms with Crippen LogP contribution in [0.3, 0.4) is 0 Å². The van der Waals surface area contributed by atoms with Crippen LogP contribution >= 0.6 is 15.9 Å². The van der Waals surface area contributed by atoms with Crippen LogP contribution < -0.4 is 5.01 Å². The van der Waals surface area contributed by atoms with Crippen molar-refractivity contribution in [3.05, 3.63) is 63.9 Å². The van der Waals surface area contributed by atoms with Crippen molar-refractivity contribution >= 4 is 27.3 Å². The Balaban J connectivity index is 2.12. The fourth-order valence-corrected chi connectivity index (χ4v) is 3.13. The van der Waals surface area contributed by atoms with Crippen molar-refractivity contribution in [1.82, 2.24) is 0 Å². The van der Waals surface area contributed by atoms with E-state index in [-0.39, 0.29) is 10.0 Å². The molecular weight excluding hydrogens is 464 g/mol. The molecule has 1 atom stereocenters. The zero-order valence-electron chi connectivity index (χ0n) is 13.5. The Kier molecular flexibility index (Phi) is 5.15. The molecule has 0 fully saturated rings. The number of anilines is 1. The molecular formula is C17H9BrF8N2. The Morgan fingerprint density at radius 1 is 0.929 bits per heavy atom. The molecule has 0 saturated carbocycles. The number of benzene rings is 2. The maximum absolute atomic E-state index is 14.2. The zero-order valence-corrected chi connectivity index (χ0v) is 15.1. The van der Waals surface area contributed by atoms with Gasteiger partial charge in [0, 0.05) is 12.5 Å². The molecule has 1 aliphatic rings. The van der Waals surface area contributed by atoms with Crippen LogP contribution in [0.15, 0.2) is 46.0 Å². The molecule has 0 saturated heterocycles. The van der Waals surface area contributed by atoms with E-state index in [1.165, 1.54) is 6.07 Å². The van der Waals surface area contributed by atoms with Crippen LogP contribution in [0.5, 0.6) is 0 Å². The van der Waals surface area contributed by atoms with E-state index in [9.17, 15) is 35.1 Å². The summed E-state index contributed by atoms with van der Waals surface area (Å²) in [5.41, 5.74) is -1.93. The number of nitrogens with zero attached hydrogens (tertiary/aromatic N) is 2. The highest BCUT2D eigenvalue weighted by Gasteiger charge is 2.62. The SMILES string of the molecule is Fc1ccc(N2N=C(C(F)(F)C(F)(F)F)CC2c2ccc(F)c(Br)c2)c(F)c1. The first-order valence-corrected chi connectivity index (χ1v) is 8.43. The molecule has 0 amide bonds. The highest BCUT2D eigenvalue weighted by atomic mass is 79.9. The Morgan fingerprint density at radius 3 is 2.18 bits per heavy atom. The second-order valence-corrected chi connectivity index (χ2v) is 6.81. The Bertz CT molecular complexity index is 941. The summed E-state index contributed by atoms with van der Waals surface area (Å²) < 4.78 is 107. The molecule has 0 N–H and O–H groups in total. The van der Waals surface area contributed by atoms with Gasteiger partial charge in [0.25, 0.3) is 0 Å². The molecule has 0 bridgehead atoms. The molecule has 1 heterocycles. The third kappa shape index (κ3) is 3.59. The van der Waals surface area contributed by atoms with Crippen molar-refractivity contribution in [1.29, 1.82) is 0 Å². The van der Waals surface area contributed by atoms with Gasteiger partial charge in [-0.25, -0.2) is 13.2 Å². The highest BCUT2D eigenvalue weighted by Crippen LogP contribution is 2.45. The predicted octanol–water partition coefficient (Wildman–Crippen LogP) is 6.37. The van der Waals surface area contributed by atoms with Gasteiger partial charge < -0.3 is 0 Å². The van der Waals surface area contributed by atoms with Crippen LogP contribution in [0.4, 0.5) is 40.8 Å². The van der Waals surface area contributed by atoms with Gasteiger partial charge >= 0.3 is 12.1 Å². The Morgan fingerprint density at radius 2 is 1.61 bits per heavy atom. The molecule has 2 aromatic carbocycles. The smallest absolute Gasteiger partial charge is 0.255 e. The fourth-order valence-electron chi connectivity index (χ4n) is 2.73. The van der Waals surface area contributed by atoms with E-state index in [2.05, 4.69) is 21.0 Å². The van der Waals surface area contributed by atoms with E-state index in [1.54, 1.807) is 0 Å². The summed E-state index contributed by atoms with van der Waals surface area (Å²) in [6, 6.07) is 4.13. The lowest BCUT2D eigenvalue weighted by Gasteiger charge is -2.24.